The summed E-state index contributed by atoms with van der Waals surface area (Å²) >= 11 is 0. The third kappa shape index (κ3) is 6.79. The van der Waals surface area contributed by atoms with E-state index in [4.69, 9.17) is 20.1 Å². The van der Waals surface area contributed by atoms with E-state index in [1.807, 2.05) is 0 Å². The lowest BCUT2D eigenvalue weighted by atomic mass is 10.4. The van der Waals surface area contributed by atoms with Crippen LogP contribution in [0.1, 0.15) is 6.92 Å². The molecule has 14 heavy (non-hydrogen) atoms. The van der Waals surface area contributed by atoms with E-state index < -0.39 is 24.8 Å². The molecule has 0 fully saturated rings. The van der Waals surface area contributed by atoms with Gasteiger partial charge in [-0.05, 0) is 0 Å². The Labute approximate surface area is 82.1 Å². The summed E-state index contributed by atoms with van der Waals surface area (Å²) in [6.07, 6.45) is -1.68. The predicted molar refractivity (Wildman–Crippen MR) is 46.6 cm³/mol. The Balaban J connectivity index is 3.57. The Kier molecular flexibility index (Phi) is 7.31. The lowest BCUT2D eigenvalue weighted by molar-refractivity contribution is -0.152. The third-order valence-electron chi connectivity index (χ3n) is 1.36. The highest BCUT2D eigenvalue weighted by molar-refractivity contribution is 5.66. The van der Waals surface area contributed by atoms with Gasteiger partial charge in [0.2, 0.25) is 0 Å². The molecule has 0 bridgehead atoms. The Bertz CT molecular complexity index is 160. The maximum absolute atomic E-state index is 10.5. The van der Waals surface area contributed by atoms with Gasteiger partial charge in [0, 0.05) is 6.92 Å². The second kappa shape index (κ2) is 7.69. The summed E-state index contributed by atoms with van der Waals surface area (Å²) < 4.78 is 9.55. The van der Waals surface area contributed by atoms with Crippen LogP contribution in [0.2, 0.25) is 0 Å². The van der Waals surface area contributed by atoms with Crippen molar-refractivity contribution in [3.63, 3.8) is 0 Å². The average molecular weight is 208 g/mol. The van der Waals surface area contributed by atoms with E-state index in [0.717, 1.165) is 0 Å². The normalized spacial score (nSPS) is 14.9. The highest BCUT2D eigenvalue weighted by Crippen LogP contribution is 1.94. The fraction of sp³-hybridized carbons (Fsp3) is 0.875. The Morgan fingerprint density at radius 3 is 2.36 bits per heavy atom. The Morgan fingerprint density at radius 2 is 1.93 bits per heavy atom. The lowest BCUT2D eigenvalue weighted by Gasteiger charge is -2.15. The molecule has 0 amide bonds. The van der Waals surface area contributed by atoms with Gasteiger partial charge in [-0.2, -0.15) is 0 Å². The van der Waals surface area contributed by atoms with Crippen LogP contribution in [0.4, 0.5) is 0 Å². The number of hydrogen-bond acceptors (Lipinski definition) is 6. The molecule has 0 aliphatic rings. The summed E-state index contributed by atoms with van der Waals surface area (Å²) in [5, 5.41) is 26.0. The van der Waals surface area contributed by atoms with E-state index in [-0.39, 0.29) is 19.8 Å². The summed E-state index contributed by atoms with van der Waals surface area (Å²) in [4.78, 5) is 10.5. The summed E-state index contributed by atoms with van der Waals surface area (Å²) in [6.45, 7) is 0.429. The van der Waals surface area contributed by atoms with E-state index in [1.165, 1.54) is 6.92 Å². The molecule has 0 aromatic rings. The van der Waals surface area contributed by atoms with Crippen LogP contribution >= 0.6 is 0 Å². The van der Waals surface area contributed by atoms with Gasteiger partial charge >= 0.3 is 5.97 Å². The average Bonchev–Trinajstić information content (AvgIpc) is 2.15. The minimum atomic E-state index is -0.952. The van der Waals surface area contributed by atoms with E-state index >= 15 is 0 Å². The van der Waals surface area contributed by atoms with Crippen molar-refractivity contribution in [3.05, 3.63) is 0 Å². The van der Waals surface area contributed by atoms with Crippen LogP contribution < -0.4 is 0 Å². The van der Waals surface area contributed by atoms with Crippen molar-refractivity contribution in [2.75, 3.05) is 26.4 Å². The third-order valence-corrected chi connectivity index (χ3v) is 1.36. The molecule has 0 spiro atoms. The first-order valence-corrected chi connectivity index (χ1v) is 4.24. The van der Waals surface area contributed by atoms with Gasteiger partial charge in [0.25, 0.3) is 0 Å². The minimum Gasteiger partial charge on any atom is -0.458 e. The number of aliphatic hydroxyl groups excluding tert-OH is 3. The molecule has 0 aliphatic carbocycles. The molecule has 6 heteroatoms. The SMILES string of the molecule is CC(=O)OC(CO)COCC(O)CO. The van der Waals surface area contributed by atoms with Crippen molar-refractivity contribution in [1.82, 2.24) is 0 Å². The monoisotopic (exact) mass is 208 g/mol. The number of hydrogen-bond donors (Lipinski definition) is 3. The topological polar surface area (TPSA) is 96.2 Å². The van der Waals surface area contributed by atoms with Gasteiger partial charge in [-0.3, -0.25) is 4.79 Å². The lowest BCUT2D eigenvalue weighted by Crippen LogP contribution is -2.29. The van der Waals surface area contributed by atoms with Crippen LogP contribution in [0, 0.1) is 0 Å². The predicted octanol–water partition coefficient (Wildman–Crippen LogP) is -1.72. The van der Waals surface area contributed by atoms with E-state index in [0.29, 0.717) is 0 Å². The van der Waals surface area contributed by atoms with Gasteiger partial charge < -0.3 is 24.8 Å². The van der Waals surface area contributed by atoms with E-state index in [9.17, 15) is 4.79 Å². The summed E-state index contributed by atoms with van der Waals surface area (Å²) in [7, 11) is 0. The van der Waals surface area contributed by atoms with Crippen molar-refractivity contribution in [2.24, 2.45) is 0 Å². The first-order valence-electron chi connectivity index (χ1n) is 4.24. The molecule has 2 unspecified atom stereocenters. The molecule has 0 saturated carbocycles. The van der Waals surface area contributed by atoms with E-state index in [1.54, 1.807) is 0 Å². The van der Waals surface area contributed by atoms with Crippen LogP contribution in [0.15, 0.2) is 0 Å². The van der Waals surface area contributed by atoms with Gasteiger partial charge in [0.15, 0.2) is 0 Å². The smallest absolute Gasteiger partial charge is 0.303 e. The molecule has 0 rings (SSSR count). The molecule has 3 N–H and O–H groups in total. The number of ether oxygens (including phenoxy) is 2. The first-order chi connectivity index (χ1) is 6.60. The zero-order valence-electron chi connectivity index (χ0n) is 8.05. The maximum Gasteiger partial charge on any atom is 0.303 e. The van der Waals surface area contributed by atoms with Crippen molar-refractivity contribution in [1.29, 1.82) is 0 Å². The second-order valence-corrected chi connectivity index (χ2v) is 2.79. The van der Waals surface area contributed by atoms with Crippen molar-refractivity contribution in [2.45, 2.75) is 19.1 Å². The van der Waals surface area contributed by atoms with Crippen molar-refractivity contribution < 1.29 is 29.6 Å². The molecule has 84 valence electrons. The molecule has 0 heterocycles. The fourth-order valence-electron chi connectivity index (χ4n) is 0.747. The van der Waals surface area contributed by atoms with Crippen LogP contribution in [0.5, 0.6) is 0 Å². The van der Waals surface area contributed by atoms with Crippen molar-refractivity contribution in [3.8, 4) is 0 Å². The van der Waals surface area contributed by atoms with E-state index in [2.05, 4.69) is 4.74 Å². The first kappa shape index (κ1) is 13.3. The molecular weight excluding hydrogens is 192 g/mol. The zero-order chi connectivity index (χ0) is 11.0. The largest absolute Gasteiger partial charge is 0.458 e. The maximum atomic E-state index is 10.5. The van der Waals surface area contributed by atoms with Gasteiger partial charge in [0.05, 0.1) is 26.4 Å². The Hall–Kier alpha value is -0.690. The van der Waals surface area contributed by atoms with Crippen LogP contribution in [0.3, 0.4) is 0 Å². The van der Waals surface area contributed by atoms with Gasteiger partial charge in [-0.1, -0.05) is 0 Å². The zero-order valence-corrected chi connectivity index (χ0v) is 8.05. The number of rotatable bonds is 7. The summed E-state index contributed by atoms with van der Waals surface area (Å²) in [5.74, 6) is -0.504. The molecule has 0 saturated heterocycles. The molecule has 0 aromatic heterocycles. The molecule has 0 radical (unpaired) electrons. The molecule has 0 aromatic carbocycles. The van der Waals surface area contributed by atoms with Gasteiger partial charge in [-0.15, -0.1) is 0 Å². The summed E-state index contributed by atoms with van der Waals surface area (Å²) in [5.41, 5.74) is 0. The number of carbonyl (C=O) groups excluding carboxylic acids is 1. The summed E-state index contributed by atoms with van der Waals surface area (Å²) in [6, 6.07) is 0. The number of aliphatic hydroxyl groups is 3. The van der Waals surface area contributed by atoms with Crippen LogP contribution in [-0.2, 0) is 14.3 Å². The number of esters is 1. The highest BCUT2D eigenvalue weighted by Gasteiger charge is 2.11. The fourth-order valence-corrected chi connectivity index (χ4v) is 0.747. The molecule has 2 atom stereocenters. The van der Waals surface area contributed by atoms with Crippen molar-refractivity contribution >= 4 is 5.97 Å². The van der Waals surface area contributed by atoms with Gasteiger partial charge in [-0.25, -0.2) is 0 Å². The van der Waals surface area contributed by atoms with Crippen LogP contribution in [0.25, 0.3) is 0 Å². The van der Waals surface area contributed by atoms with Crippen LogP contribution in [-0.4, -0.2) is 59.9 Å². The minimum absolute atomic E-state index is 0.00681. The molecular formula is C8H16O6. The quantitative estimate of drug-likeness (QED) is 0.431. The second-order valence-electron chi connectivity index (χ2n) is 2.79. The number of carbonyl (C=O) groups is 1. The molecule has 6 nitrogen and oxygen atoms in total. The Morgan fingerprint density at radius 1 is 1.29 bits per heavy atom. The highest BCUT2D eigenvalue weighted by atomic mass is 16.6. The molecule has 0 aliphatic heterocycles. The standard InChI is InChI=1S/C8H16O6/c1-6(11)14-8(3-10)5-13-4-7(12)2-9/h7-10,12H,2-5H2,1H3. The van der Waals surface area contributed by atoms with Gasteiger partial charge in [0.1, 0.15) is 12.2 Å².